The van der Waals surface area contributed by atoms with Crippen molar-refractivity contribution in [3.05, 3.63) is 35.4 Å². The van der Waals surface area contributed by atoms with Crippen molar-refractivity contribution in [2.24, 2.45) is 10.9 Å². The zero-order valence-electron chi connectivity index (χ0n) is 17.4. The van der Waals surface area contributed by atoms with Gasteiger partial charge in [-0.05, 0) is 43.7 Å². The highest BCUT2D eigenvalue weighted by Crippen LogP contribution is 2.31. The molecule has 1 fully saturated rings. The molecule has 1 N–H and O–H groups in total. The highest BCUT2D eigenvalue weighted by Gasteiger charge is 2.26. The van der Waals surface area contributed by atoms with Crippen molar-refractivity contribution >= 4 is 29.9 Å². The molecule has 0 amide bonds. The second-order valence-electron chi connectivity index (χ2n) is 7.65. The van der Waals surface area contributed by atoms with Crippen molar-refractivity contribution in [2.75, 3.05) is 53.1 Å². The van der Waals surface area contributed by atoms with Gasteiger partial charge in [-0.3, -0.25) is 4.99 Å². The van der Waals surface area contributed by atoms with Gasteiger partial charge in [0, 0.05) is 45.1 Å². The predicted molar refractivity (Wildman–Crippen MR) is 126 cm³/mol. The van der Waals surface area contributed by atoms with Crippen LogP contribution in [-0.4, -0.2) is 64.0 Å². The van der Waals surface area contributed by atoms with Crippen molar-refractivity contribution < 1.29 is 9.47 Å². The molecule has 158 valence electrons. The van der Waals surface area contributed by atoms with Crippen molar-refractivity contribution in [1.82, 2.24) is 10.2 Å². The van der Waals surface area contributed by atoms with Gasteiger partial charge in [0.1, 0.15) is 0 Å². The van der Waals surface area contributed by atoms with Crippen LogP contribution in [0.15, 0.2) is 29.3 Å². The minimum absolute atomic E-state index is 0. The van der Waals surface area contributed by atoms with Crippen LogP contribution in [0.2, 0.25) is 0 Å². The number of likely N-dealkylation sites (tertiary alicyclic amines) is 1. The molecule has 0 bridgehead atoms. The molecule has 2 atom stereocenters. The maximum absolute atomic E-state index is 5.73. The zero-order valence-corrected chi connectivity index (χ0v) is 19.7. The largest absolute Gasteiger partial charge is 0.382 e. The molecule has 2 aliphatic rings. The Balaban J connectivity index is 0.00000280. The van der Waals surface area contributed by atoms with Gasteiger partial charge in [-0.1, -0.05) is 24.3 Å². The summed E-state index contributed by atoms with van der Waals surface area (Å²) in [5.41, 5.74) is 3.03. The van der Waals surface area contributed by atoms with Gasteiger partial charge in [0.05, 0.1) is 19.8 Å². The summed E-state index contributed by atoms with van der Waals surface area (Å²) in [6.07, 6.45) is 4.91. The standard InChI is InChI=1S/C22H35N3O2.HI/c1-3-23-22(25-12-11-18(16-25)17-27-14-13-26-2)24-15-20-9-6-8-19-7-4-5-10-21(19)20;/h4-5,7,10,18,20H,3,6,8-9,11-17H2,1-2H3,(H,23,24);1H. The third kappa shape index (κ3) is 6.59. The van der Waals surface area contributed by atoms with Gasteiger partial charge in [0.2, 0.25) is 0 Å². The lowest BCUT2D eigenvalue weighted by Crippen LogP contribution is -2.40. The molecule has 5 nitrogen and oxygen atoms in total. The number of aliphatic imine (C=N–C) groups is 1. The van der Waals surface area contributed by atoms with E-state index in [4.69, 9.17) is 14.5 Å². The first-order valence-electron chi connectivity index (χ1n) is 10.5. The number of rotatable bonds is 8. The molecule has 28 heavy (non-hydrogen) atoms. The van der Waals surface area contributed by atoms with Gasteiger partial charge in [-0.15, -0.1) is 24.0 Å². The van der Waals surface area contributed by atoms with Crippen molar-refractivity contribution in [3.8, 4) is 0 Å². The first kappa shape index (κ1) is 23.4. The van der Waals surface area contributed by atoms with Gasteiger partial charge < -0.3 is 19.7 Å². The average molecular weight is 501 g/mol. The van der Waals surface area contributed by atoms with E-state index >= 15 is 0 Å². The number of hydrogen-bond acceptors (Lipinski definition) is 3. The summed E-state index contributed by atoms with van der Waals surface area (Å²) in [5.74, 6) is 2.21. The Labute approximate surface area is 187 Å². The number of guanidine groups is 1. The molecule has 6 heteroatoms. The Bertz CT molecular complexity index is 611. The smallest absolute Gasteiger partial charge is 0.193 e. The second-order valence-corrected chi connectivity index (χ2v) is 7.65. The summed E-state index contributed by atoms with van der Waals surface area (Å²) in [6, 6.07) is 8.91. The normalized spacial score (nSPS) is 21.9. The SMILES string of the molecule is CCNC(=NCC1CCCc2ccccc21)N1CCC(COCCOC)C1.I. The third-order valence-electron chi connectivity index (χ3n) is 5.66. The molecular formula is C22H36IN3O2. The van der Waals surface area contributed by atoms with E-state index in [1.54, 1.807) is 7.11 Å². The van der Waals surface area contributed by atoms with Crippen molar-refractivity contribution in [3.63, 3.8) is 0 Å². The molecule has 3 rings (SSSR count). The number of aryl methyl sites for hydroxylation is 1. The zero-order chi connectivity index (χ0) is 18.9. The van der Waals surface area contributed by atoms with Crippen LogP contribution >= 0.6 is 24.0 Å². The van der Waals surface area contributed by atoms with Crippen LogP contribution in [0.1, 0.15) is 43.2 Å². The number of halogens is 1. The van der Waals surface area contributed by atoms with E-state index in [1.807, 2.05) is 0 Å². The van der Waals surface area contributed by atoms with Gasteiger partial charge in [-0.25, -0.2) is 0 Å². The van der Waals surface area contributed by atoms with Crippen LogP contribution in [0.3, 0.4) is 0 Å². The summed E-state index contributed by atoms with van der Waals surface area (Å²) in [5, 5.41) is 3.50. The second kappa shape index (κ2) is 12.6. The summed E-state index contributed by atoms with van der Waals surface area (Å²) in [7, 11) is 1.71. The van der Waals surface area contributed by atoms with Gasteiger partial charge in [0.25, 0.3) is 0 Å². The van der Waals surface area contributed by atoms with Gasteiger partial charge in [-0.2, -0.15) is 0 Å². The number of benzene rings is 1. The van der Waals surface area contributed by atoms with Crippen LogP contribution in [0, 0.1) is 5.92 Å². The summed E-state index contributed by atoms with van der Waals surface area (Å²) in [4.78, 5) is 7.44. The van der Waals surface area contributed by atoms with Crippen LogP contribution in [0.5, 0.6) is 0 Å². The Hall–Kier alpha value is -0.860. The Morgan fingerprint density at radius 2 is 2.11 bits per heavy atom. The number of nitrogens with one attached hydrogen (secondary N) is 1. The number of ether oxygens (including phenoxy) is 2. The van der Waals surface area contributed by atoms with Crippen molar-refractivity contribution in [1.29, 1.82) is 0 Å². The Morgan fingerprint density at radius 1 is 1.25 bits per heavy atom. The maximum atomic E-state index is 5.73. The Kier molecular flexibility index (Phi) is 10.6. The molecule has 0 radical (unpaired) electrons. The average Bonchev–Trinajstić information content (AvgIpc) is 3.17. The molecule has 1 heterocycles. The molecule has 1 aromatic rings. The summed E-state index contributed by atoms with van der Waals surface area (Å²) < 4.78 is 10.8. The van der Waals surface area contributed by atoms with E-state index in [0.29, 0.717) is 25.0 Å². The molecule has 1 aliphatic carbocycles. The Morgan fingerprint density at radius 3 is 2.93 bits per heavy atom. The highest BCUT2D eigenvalue weighted by atomic mass is 127. The first-order valence-corrected chi connectivity index (χ1v) is 10.5. The summed E-state index contributed by atoms with van der Waals surface area (Å²) >= 11 is 0. The number of nitrogens with zero attached hydrogens (tertiary/aromatic N) is 2. The fourth-order valence-electron chi connectivity index (χ4n) is 4.22. The van der Waals surface area contributed by atoms with E-state index in [2.05, 4.69) is 41.4 Å². The fraction of sp³-hybridized carbons (Fsp3) is 0.682. The lowest BCUT2D eigenvalue weighted by molar-refractivity contribution is 0.0536. The molecular weight excluding hydrogens is 465 g/mol. The molecule has 2 unspecified atom stereocenters. The molecule has 0 saturated carbocycles. The van der Waals surface area contributed by atoms with E-state index in [-0.39, 0.29) is 24.0 Å². The van der Waals surface area contributed by atoms with Gasteiger partial charge in [0.15, 0.2) is 5.96 Å². The third-order valence-corrected chi connectivity index (χ3v) is 5.66. The predicted octanol–water partition coefficient (Wildman–Crippen LogP) is 3.67. The maximum Gasteiger partial charge on any atom is 0.193 e. The minimum atomic E-state index is 0. The lowest BCUT2D eigenvalue weighted by atomic mass is 9.83. The highest BCUT2D eigenvalue weighted by molar-refractivity contribution is 14.0. The van der Waals surface area contributed by atoms with Gasteiger partial charge >= 0.3 is 0 Å². The van der Waals surface area contributed by atoms with Crippen LogP contribution < -0.4 is 5.32 Å². The molecule has 0 aromatic heterocycles. The fourth-order valence-corrected chi connectivity index (χ4v) is 4.22. The minimum Gasteiger partial charge on any atom is -0.382 e. The van der Waals surface area contributed by atoms with Crippen LogP contribution in [0.4, 0.5) is 0 Å². The topological polar surface area (TPSA) is 46.1 Å². The summed E-state index contributed by atoms with van der Waals surface area (Å²) in [6.45, 7) is 8.19. The van der Waals surface area contributed by atoms with E-state index in [9.17, 15) is 0 Å². The quantitative estimate of drug-likeness (QED) is 0.256. The molecule has 1 aromatic carbocycles. The van der Waals surface area contributed by atoms with Crippen LogP contribution in [0.25, 0.3) is 0 Å². The van der Waals surface area contributed by atoms with Crippen molar-refractivity contribution in [2.45, 2.75) is 38.5 Å². The number of methoxy groups -OCH3 is 1. The lowest BCUT2D eigenvalue weighted by Gasteiger charge is -2.26. The van der Waals surface area contributed by atoms with E-state index < -0.39 is 0 Å². The molecule has 0 spiro atoms. The van der Waals surface area contributed by atoms with E-state index in [0.717, 1.165) is 38.7 Å². The van der Waals surface area contributed by atoms with Crippen LogP contribution in [-0.2, 0) is 15.9 Å². The monoisotopic (exact) mass is 501 g/mol. The van der Waals surface area contributed by atoms with E-state index in [1.165, 1.54) is 36.8 Å². The molecule has 1 saturated heterocycles. The number of fused-ring (bicyclic) bond motifs is 1. The number of hydrogen-bond donors (Lipinski definition) is 1. The molecule has 1 aliphatic heterocycles. The first-order chi connectivity index (χ1) is 13.3.